The van der Waals surface area contributed by atoms with Crippen molar-refractivity contribution >= 4 is 11.4 Å². The molecule has 29 heavy (non-hydrogen) atoms. The van der Waals surface area contributed by atoms with Gasteiger partial charge in [-0.15, -0.1) is 0 Å². The van der Waals surface area contributed by atoms with Crippen LogP contribution >= 0.6 is 0 Å². The van der Waals surface area contributed by atoms with Crippen molar-refractivity contribution in [1.82, 2.24) is 14.9 Å². The van der Waals surface area contributed by atoms with Crippen molar-refractivity contribution in [3.63, 3.8) is 0 Å². The van der Waals surface area contributed by atoms with Gasteiger partial charge in [-0.1, -0.05) is 12.1 Å². The number of hydrogen-bond donors (Lipinski definition) is 1. The zero-order chi connectivity index (χ0) is 20.4. The van der Waals surface area contributed by atoms with Gasteiger partial charge < -0.3 is 9.72 Å². The third-order valence-electron chi connectivity index (χ3n) is 5.42. The summed E-state index contributed by atoms with van der Waals surface area (Å²) in [5.41, 5.74) is 2.69. The number of methoxy groups -OCH3 is 1. The Kier molecular flexibility index (Phi) is 5.39. The van der Waals surface area contributed by atoms with E-state index in [0.717, 1.165) is 37.2 Å². The molecule has 2 aromatic rings. The topological polar surface area (TPSA) is 114 Å². The van der Waals surface area contributed by atoms with E-state index in [-0.39, 0.29) is 17.0 Å². The largest absolute Gasteiger partial charge is 0.490 e. The van der Waals surface area contributed by atoms with Crippen molar-refractivity contribution in [1.29, 1.82) is 0 Å². The first kappa shape index (κ1) is 19.3. The smallest absolute Gasteiger partial charge is 0.315 e. The molecule has 0 saturated heterocycles. The van der Waals surface area contributed by atoms with E-state index >= 15 is 0 Å². The van der Waals surface area contributed by atoms with Gasteiger partial charge in [-0.3, -0.25) is 24.8 Å². The summed E-state index contributed by atoms with van der Waals surface area (Å²) in [6, 6.07) is 5.05. The maximum Gasteiger partial charge on any atom is 0.315 e. The highest BCUT2D eigenvalue weighted by molar-refractivity contribution is 5.97. The van der Waals surface area contributed by atoms with Crippen LogP contribution < -0.4 is 10.3 Å². The number of H-pyrrole nitrogens is 1. The number of ether oxygens (including phenoxy) is 1. The van der Waals surface area contributed by atoms with Gasteiger partial charge in [0.1, 0.15) is 0 Å². The lowest BCUT2D eigenvalue weighted by atomic mass is 10.0. The second-order valence-electron chi connectivity index (χ2n) is 7.31. The molecule has 9 nitrogen and oxygen atoms in total. The lowest BCUT2D eigenvalue weighted by molar-refractivity contribution is -0.386. The molecule has 0 atom stereocenters. The molecular weight excluding hydrogens is 374 g/mol. The Morgan fingerprint density at radius 3 is 2.90 bits per heavy atom. The molecule has 1 aromatic heterocycles. The van der Waals surface area contributed by atoms with Gasteiger partial charge in [0, 0.05) is 38.2 Å². The molecule has 0 fully saturated rings. The van der Waals surface area contributed by atoms with Crippen molar-refractivity contribution in [2.24, 2.45) is 4.99 Å². The number of aromatic nitrogens is 2. The Hall–Kier alpha value is -3.07. The summed E-state index contributed by atoms with van der Waals surface area (Å²) < 4.78 is 5.15. The summed E-state index contributed by atoms with van der Waals surface area (Å²) in [7, 11) is 1.42. The minimum Gasteiger partial charge on any atom is -0.490 e. The van der Waals surface area contributed by atoms with E-state index in [1.807, 2.05) is 4.90 Å². The number of rotatable bonds is 5. The molecule has 2 aliphatic rings. The molecule has 4 rings (SSSR count). The number of benzene rings is 1. The number of nitro benzene ring substituents is 1. The Balaban J connectivity index is 1.58. The van der Waals surface area contributed by atoms with E-state index in [9.17, 15) is 14.9 Å². The van der Waals surface area contributed by atoms with Crippen LogP contribution in [0, 0.1) is 10.1 Å². The van der Waals surface area contributed by atoms with E-state index in [0.29, 0.717) is 43.0 Å². The highest BCUT2D eigenvalue weighted by Gasteiger charge is 2.26. The lowest BCUT2D eigenvalue weighted by Crippen LogP contribution is -2.36. The van der Waals surface area contributed by atoms with Gasteiger partial charge in [-0.25, -0.2) is 4.98 Å². The Morgan fingerprint density at radius 2 is 2.17 bits per heavy atom. The van der Waals surface area contributed by atoms with Crippen molar-refractivity contribution in [2.45, 2.75) is 38.8 Å². The highest BCUT2D eigenvalue weighted by Crippen LogP contribution is 2.32. The van der Waals surface area contributed by atoms with Crippen LogP contribution in [-0.2, 0) is 19.5 Å². The molecule has 1 N–H and O–H groups in total. The van der Waals surface area contributed by atoms with Crippen LogP contribution in [0.4, 0.5) is 5.69 Å². The first-order valence-corrected chi connectivity index (χ1v) is 9.75. The van der Waals surface area contributed by atoms with E-state index < -0.39 is 4.92 Å². The third-order valence-corrected chi connectivity index (χ3v) is 5.42. The number of nitro groups is 1. The monoisotopic (exact) mass is 397 g/mol. The Labute approximate surface area is 167 Å². The maximum atomic E-state index is 12.7. The second-order valence-corrected chi connectivity index (χ2v) is 7.31. The van der Waals surface area contributed by atoms with Gasteiger partial charge in [0.25, 0.3) is 5.56 Å². The minimum atomic E-state index is -0.419. The fourth-order valence-corrected chi connectivity index (χ4v) is 3.95. The molecule has 0 amide bonds. The van der Waals surface area contributed by atoms with Crippen molar-refractivity contribution < 1.29 is 9.66 Å². The highest BCUT2D eigenvalue weighted by atomic mass is 16.6. The van der Waals surface area contributed by atoms with Gasteiger partial charge in [-0.05, 0) is 25.3 Å². The minimum absolute atomic E-state index is 0.0292. The number of fused-ring (bicyclic) bond motifs is 1. The summed E-state index contributed by atoms with van der Waals surface area (Å²) >= 11 is 0. The molecule has 1 aromatic carbocycles. The van der Waals surface area contributed by atoms with Crippen LogP contribution in [0.2, 0.25) is 0 Å². The molecule has 0 bridgehead atoms. The average Bonchev–Trinajstić information content (AvgIpc) is 2.74. The average molecular weight is 397 g/mol. The number of nitrogens with zero attached hydrogens (tertiary/aromatic N) is 4. The van der Waals surface area contributed by atoms with Crippen LogP contribution in [-0.4, -0.2) is 45.7 Å². The van der Waals surface area contributed by atoms with E-state index in [4.69, 9.17) is 4.74 Å². The molecule has 0 radical (unpaired) electrons. The van der Waals surface area contributed by atoms with E-state index in [1.165, 1.54) is 7.11 Å². The van der Waals surface area contributed by atoms with Crippen LogP contribution in [0.25, 0.3) is 0 Å². The zero-order valence-corrected chi connectivity index (χ0v) is 16.3. The molecule has 0 spiro atoms. The van der Waals surface area contributed by atoms with Crippen molar-refractivity contribution in [2.75, 3.05) is 20.2 Å². The predicted octanol–water partition coefficient (Wildman–Crippen LogP) is 2.22. The summed E-state index contributed by atoms with van der Waals surface area (Å²) in [4.78, 5) is 37.9. The Morgan fingerprint density at radius 1 is 1.31 bits per heavy atom. The molecular formula is C20H23N5O4. The predicted molar refractivity (Wildman–Crippen MR) is 108 cm³/mol. The first-order chi connectivity index (χ1) is 14.1. The van der Waals surface area contributed by atoms with Crippen molar-refractivity contribution in [3.8, 4) is 5.75 Å². The maximum absolute atomic E-state index is 12.7. The molecule has 152 valence electrons. The number of nitrogens with one attached hydrogen (secondary N) is 1. The third kappa shape index (κ3) is 3.91. The molecule has 3 heterocycles. The van der Waals surface area contributed by atoms with Crippen LogP contribution in [0.1, 0.15) is 41.9 Å². The first-order valence-electron chi connectivity index (χ1n) is 9.75. The number of hydrogen-bond acceptors (Lipinski definition) is 7. The molecule has 0 aliphatic carbocycles. The molecule has 9 heteroatoms. The van der Waals surface area contributed by atoms with Gasteiger partial charge in [0.15, 0.2) is 11.6 Å². The van der Waals surface area contributed by atoms with E-state index in [1.54, 1.807) is 18.2 Å². The number of aromatic amines is 1. The second kappa shape index (κ2) is 8.12. The summed E-state index contributed by atoms with van der Waals surface area (Å²) in [6.45, 7) is 2.21. The van der Waals surface area contributed by atoms with Gasteiger partial charge >= 0.3 is 5.69 Å². The SMILES string of the molecule is COc1cccc(CN2CCc3nc(C4=NCCCC4)[nH]c(=O)c3C2)c1[N+](=O)[O-]. The summed E-state index contributed by atoms with van der Waals surface area (Å²) in [5.74, 6) is 0.827. The van der Waals surface area contributed by atoms with Crippen LogP contribution in [0.5, 0.6) is 5.75 Å². The van der Waals surface area contributed by atoms with Crippen LogP contribution in [0.15, 0.2) is 28.0 Å². The normalized spacial score (nSPS) is 16.8. The molecule has 2 aliphatic heterocycles. The summed E-state index contributed by atoms with van der Waals surface area (Å²) in [6.07, 6.45) is 3.60. The van der Waals surface area contributed by atoms with Gasteiger partial charge in [0.05, 0.1) is 29.0 Å². The van der Waals surface area contributed by atoms with Crippen LogP contribution in [0.3, 0.4) is 0 Å². The quantitative estimate of drug-likeness (QED) is 0.611. The van der Waals surface area contributed by atoms with Crippen molar-refractivity contribution in [3.05, 3.63) is 61.3 Å². The van der Waals surface area contributed by atoms with Gasteiger partial charge in [-0.2, -0.15) is 0 Å². The molecule has 0 saturated carbocycles. The molecule has 0 unspecified atom stereocenters. The summed E-state index contributed by atoms with van der Waals surface area (Å²) in [5, 5.41) is 11.5. The fraction of sp³-hybridized carbons (Fsp3) is 0.450. The zero-order valence-electron chi connectivity index (χ0n) is 16.3. The number of aliphatic imine (C=N–C) groups is 1. The van der Waals surface area contributed by atoms with E-state index in [2.05, 4.69) is 15.0 Å². The Bertz CT molecular complexity index is 1030. The fourth-order valence-electron chi connectivity index (χ4n) is 3.95. The standard InChI is InChI=1S/C20H23N5O4/c1-29-17-7-4-5-13(18(17)25(27)28)11-24-10-8-15-14(12-24)20(26)23-19(22-15)16-6-2-3-9-21-16/h4-5,7H,2-3,6,8-12H2,1H3,(H,22,23,26). The van der Waals surface area contributed by atoms with Gasteiger partial charge in [0.2, 0.25) is 0 Å². The lowest BCUT2D eigenvalue weighted by Gasteiger charge is -2.28. The number of para-hydroxylation sites is 1.